The summed E-state index contributed by atoms with van der Waals surface area (Å²) in [4.78, 5) is 27.5. The Hall–Kier alpha value is -0.940. The third-order valence-corrected chi connectivity index (χ3v) is 4.81. The quantitative estimate of drug-likeness (QED) is 0.671. The van der Waals surface area contributed by atoms with Gasteiger partial charge in [-0.15, -0.1) is 0 Å². The number of hydrogen-bond acceptors (Lipinski definition) is 4. The normalized spacial score (nSPS) is 41.6. The summed E-state index contributed by atoms with van der Waals surface area (Å²) in [6.45, 7) is 0. The van der Waals surface area contributed by atoms with Crippen molar-refractivity contribution < 1.29 is 9.59 Å². The van der Waals surface area contributed by atoms with Crippen LogP contribution < -0.4 is 5.73 Å². The van der Waals surface area contributed by atoms with E-state index in [1.165, 1.54) is 4.90 Å². The van der Waals surface area contributed by atoms with Gasteiger partial charge in [0.1, 0.15) is 0 Å². The first-order valence-electron chi connectivity index (χ1n) is 6.91. The standard InChI is InChI=1S/C13H21N3O2/c1-15-12(17)5-4-11(13(15)18)16-9-2-3-10(16)7-8(14)6-9/h8-11H,2-7,14H2,1H3. The maximum Gasteiger partial charge on any atom is 0.246 e. The average Bonchev–Trinajstić information content (AvgIpc) is 2.59. The Balaban J connectivity index is 1.79. The zero-order chi connectivity index (χ0) is 12.9. The first kappa shape index (κ1) is 12.1. The Morgan fingerprint density at radius 3 is 2.33 bits per heavy atom. The van der Waals surface area contributed by atoms with Gasteiger partial charge in [-0.1, -0.05) is 0 Å². The lowest BCUT2D eigenvalue weighted by molar-refractivity contribution is -0.152. The number of piperidine rings is 2. The molecule has 3 unspecified atom stereocenters. The molecule has 2 bridgehead atoms. The van der Waals surface area contributed by atoms with Gasteiger partial charge in [0, 0.05) is 31.6 Å². The van der Waals surface area contributed by atoms with Gasteiger partial charge >= 0.3 is 0 Å². The van der Waals surface area contributed by atoms with Gasteiger partial charge in [-0.3, -0.25) is 19.4 Å². The fraction of sp³-hybridized carbons (Fsp3) is 0.846. The minimum atomic E-state index is -0.0855. The second kappa shape index (κ2) is 4.31. The average molecular weight is 251 g/mol. The van der Waals surface area contributed by atoms with Crippen molar-refractivity contribution in [2.24, 2.45) is 5.73 Å². The number of imide groups is 1. The van der Waals surface area contributed by atoms with Crippen LogP contribution in [0.1, 0.15) is 38.5 Å². The highest BCUT2D eigenvalue weighted by Crippen LogP contribution is 2.38. The summed E-state index contributed by atoms with van der Waals surface area (Å²) >= 11 is 0. The fourth-order valence-electron chi connectivity index (χ4n) is 3.94. The molecule has 5 nitrogen and oxygen atoms in total. The van der Waals surface area contributed by atoms with Crippen LogP contribution in [0, 0.1) is 0 Å². The monoisotopic (exact) mass is 251 g/mol. The number of carbonyl (C=O) groups excluding carboxylic acids is 2. The van der Waals surface area contributed by atoms with Crippen molar-refractivity contribution in [2.75, 3.05) is 7.05 Å². The highest BCUT2D eigenvalue weighted by Gasteiger charge is 2.47. The topological polar surface area (TPSA) is 66.6 Å². The van der Waals surface area contributed by atoms with Gasteiger partial charge in [0.15, 0.2) is 0 Å². The van der Waals surface area contributed by atoms with Crippen molar-refractivity contribution in [3.8, 4) is 0 Å². The van der Waals surface area contributed by atoms with Crippen LogP contribution >= 0.6 is 0 Å². The van der Waals surface area contributed by atoms with Crippen molar-refractivity contribution in [3.05, 3.63) is 0 Å². The second-order valence-corrected chi connectivity index (χ2v) is 5.91. The molecule has 3 rings (SSSR count). The zero-order valence-electron chi connectivity index (χ0n) is 10.8. The Bertz CT molecular complexity index is 370. The molecule has 3 fully saturated rings. The summed E-state index contributed by atoms with van der Waals surface area (Å²) in [6, 6.07) is 1.11. The third kappa shape index (κ3) is 1.77. The molecule has 3 heterocycles. The maximum absolute atomic E-state index is 12.3. The third-order valence-electron chi connectivity index (χ3n) is 4.81. The molecule has 5 heteroatoms. The minimum Gasteiger partial charge on any atom is -0.328 e. The van der Waals surface area contributed by atoms with E-state index >= 15 is 0 Å². The van der Waals surface area contributed by atoms with Crippen molar-refractivity contribution in [1.29, 1.82) is 0 Å². The fourth-order valence-corrected chi connectivity index (χ4v) is 3.94. The van der Waals surface area contributed by atoms with E-state index in [-0.39, 0.29) is 23.9 Å². The molecular weight excluding hydrogens is 230 g/mol. The molecule has 0 saturated carbocycles. The lowest BCUT2D eigenvalue weighted by Crippen LogP contribution is -2.59. The number of amides is 2. The molecule has 0 aromatic carbocycles. The van der Waals surface area contributed by atoms with Gasteiger partial charge < -0.3 is 5.73 Å². The summed E-state index contributed by atoms with van der Waals surface area (Å²) < 4.78 is 0. The Morgan fingerprint density at radius 1 is 1.11 bits per heavy atom. The molecule has 3 atom stereocenters. The van der Waals surface area contributed by atoms with E-state index in [1.54, 1.807) is 7.05 Å². The van der Waals surface area contributed by atoms with Gasteiger partial charge in [0.05, 0.1) is 6.04 Å². The molecule has 3 aliphatic rings. The molecule has 2 N–H and O–H groups in total. The number of nitrogens with two attached hydrogens (primary N) is 1. The van der Waals surface area contributed by atoms with Gasteiger partial charge in [-0.05, 0) is 32.1 Å². The predicted molar refractivity (Wildman–Crippen MR) is 66.7 cm³/mol. The van der Waals surface area contributed by atoms with E-state index in [2.05, 4.69) is 4.90 Å². The van der Waals surface area contributed by atoms with E-state index in [4.69, 9.17) is 5.73 Å². The van der Waals surface area contributed by atoms with Crippen LogP contribution in [-0.2, 0) is 9.59 Å². The Labute approximate surface area is 107 Å². The predicted octanol–water partition coefficient (Wildman–Crippen LogP) is 0.0879. The van der Waals surface area contributed by atoms with E-state index in [1.807, 2.05) is 0 Å². The van der Waals surface area contributed by atoms with Gasteiger partial charge in [-0.25, -0.2) is 0 Å². The SMILES string of the molecule is CN1C(=O)CCC(N2C3CCC2CC(N)C3)C1=O. The van der Waals surface area contributed by atoms with Crippen LogP contribution in [-0.4, -0.2) is 52.8 Å². The van der Waals surface area contributed by atoms with E-state index in [0.29, 0.717) is 24.9 Å². The number of fused-ring (bicyclic) bond motifs is 2. The largest absolute Gasteiger partial charge is 0.328 e. The van der Waals surface area contributed by atoms with E-state index in [0.717, 1.165) is 25.7 Å². The maximum atomic E-state index is 12.3. The summed E-state index contributed by atoms with van der Waals surface area (Å²) in [5.41, 5.74) is 6.06. The highest BCUT2D eigenvalue weighted by atomic mass is 16.2. The van der Waals surface area contributed by atoms with Crippen LogP contribution in [0.3, 0.4) is 0 Å². The van der Waals surface area contributed by atoms with Crippen molar-refractivity contribution in [3.63, 3.8) is 0 Å². The van der Waals surface area contributed by atoms with Gasteiger partial charge in [0.2, 0.25) is 11.8 Å². The number of hydrogen-bond donors (Lipinski definition) is 1. The molecule has 0 spiro atoms. The number of likely N-dealkylation sites (tertiary alicyclic amines) is 1. The molecule has 0 radical (unpaired) electrons. The number of nitrogens with zero attached hydrogens (tertiary/aromatic N) is 2. The summed E-state index contributed by atoms with van der Waals surface area (Å²) in [7, 11) is 1.61. The smallest absolute Gasteiger partial charge is 0.246 e. The highest BCUT2D eigenvalue weighted by molar-refractivity contribution is 6.00. The Kier molecular flexibility index (Phi) is 2.90. The lowest BCUT2D eigenvalue weighted by atomic mass is 9.93. The van der Waals surface area contributed by atoms with Crippen molar-refractivity contribution >= 4 is 11.8 Å². The zero-order valence-corrected chi connectivity index (χ0v) is 10.8. The van der Waals surface area contributed by atoms with Crippen LogP contribution in [0.5, 0.6) is 0 Å². The lowest BCUT2D eigenvalue weighted by Gasteiger charge is -2.44. The van der Waals surface area contributed by atoms with Crippen LogP contribution in [0.4, 0.5) is 0 Å². The summed E-state index contributed by atoms with van der Waals surface area (Å²) in [5, 5.41) is 0. The molecule has 0 aromatic heterocycles. The molecule has 3 saturated heterocycles. The summed E-state index contributed by atoms with van der Waals surface area (Å²) in [6.07, 6.45) is 5.48. The van der Waals surface area contributed by atoms with Gasteiger partial charge in [-0.2, -0.15) is 0 Å². The first-order valence-corrected chi connectivity index (χ1v) is 6.91. The Morgan fingerprint density at radius 2 is 1.72 bits per heavy atom. The molecule has 2 amide bonds. The minimum absolute atomic E-state index is 0.0152. The molecule has 18 heavy (non-hydrogen) atoms. The van der Waals surface area contributed by atoms with Crippen LogP contribution in [0.2, 0.25) is 0 Å². The van der Waals surface area contributed by atoms with E-state index in [9.17, 15) is 9.59 Å². The first-order chi connectivity index (χ1) is 8.58. The summed E-state index contributed by atoms with van der Waals surface area (Å²) in [5.74, 6) is -0.0593. The van der Waals surface area contributed by atoms with Crippen LogP contribution in [0.15, 0.2) is 0 Å². The van der Waals surface area contributed by atoms with Gasteiger partial charge in [0.25, 0.3) is 0 Å². The number of carbonyl (C=O) groups is 2. The van der Waals surface area contributed by atoms with Crippen molar-refractivity contribution in [2.45, 2.75) is 62.7 Å². The second-order valence-electron chi connectivity index (χ2n) is 5.91. The van der Waals surface area contributed by atoms with E-state index < -0.39 is 0 Å². The molecule has 100 valence electrons. The van der Waals surface area contributed by atoms with Crippen LogP contribution in [0.25, 0.3) is 0 Å². The molecule has 0 aliphatic carbocycles. The molecule has 0 aromatic rings. The molecular formula is C13H21N3O2. The number of rotatable bonds is 1. The number of likely N-dealkylation sites (N-methyl/N-ethyl adjacent to an activating group) is 1. The van der Waals surface area contributed by atoms with Crippen molar-refractivity contribution in [1.82, 2.24) is 9.80 Å². The molecule has 3 aliphatic heterocycles.